The summed E-state index contributed by atoms with van der Waals surface area (Å²) in [6.07, 6.45) is 2.14. The van der Waals surface area contributed by atoms with E-state index in [0.29, 0.717) is 17.9 Å². The lowest BCUT2D eigenvalue weighted by Crippen LogP contribution is -2.28. The Bertz CT molecular complexity index is 895. The third-order valence-corrected chi connectivity index (χ3v) is 4.60. The molecule has 0 radical (unpaired) electrons. The number of nitrogens with one attached hydrogen (secondary N) is 1. The number of hydrogen-bond acceptors (Lipinski definition) is 4. The van der Waals surface area contributed by atoms with Crippen molar-refractivity contribution in [2.45, 2.75) is 32.0 Å². The molecule has 5 nitrogen and oxygen atoms in total. The average Bonchev–Trinajstić information content (AvgIpc) is 3.10. The van der Waals surface area contributed by atoms with E-state index in [-0.39, 0.29) is 17.8 Å². The zero-order valence-corrected chi connectivity index (χ0v) is 14.1. The van der Waals surface area contributed by atoms with Gasteiger partial charge in [-0.25, -0.2) is 4.68 Å². The molecule has 1 aliphatic rings. The Balaban J connectivity index is 1.71. The molecule has 1 N–H and O–H groups in total. The molecule has 0 aliphatic carbocycles. The van der Waals surface area contributed by atoms with Crippen LogP contribution in [0.25, 0.3) is 0 Å². The molecule has 1 aromatic heterocycles. The van der Waals surface area contributed by atoms with Crippen molar-refractivity contribution < 1.29 is 13.5 Å². The third-order valence-electron chi connectivity index (χ3n) is 4.60. The minimum absolute atomic E-state index is 0.0426. The Labute approximate surface area is 149 Å². The molecule has 0 bridgehead atoms. The van der Waals surface area contributed by atoms with Gasteiger partial charge in [0.25, 0.3) is 0 Å². The van der Waals surface area contributed by atoms with Gasteiger partial charge in [-0.1, -0.05) is 48.0 Å². The molecular weight excluding hydrogens is 338 g/mol. The maximum Gasteiger partial charge on any atom is 0.387 e. The fourth-order valence-electron chi connectivity index (χ4n) is 3.36. The first kappa shape index (κ1) is 16.5. The van der Waals surface area contributed by atoms with E-state index in [1.165, 1.54) is 11.9 Å². The number of aromatic nitrogens is 3. The van der Waals surface area contributed by atoms with Crippen LogP contribution in [-0.4, -0.2) is 21.4 Å². The molecule has 0 spiro atoms. The van der Waals surface area contributed by atoms with E-state index >= 15 is 0 Å². The highest BCUT2D eigenvalue weighted by molar-refractivity contribution is 5.44. The summed E-state index contributed by atoms with van der Waals surface area (Å²) in [5.74, 6) is 0.786. The van der Waals surface area contributed by atoms with Crippen LogP contribution in [0.1, 0.15) is 35.2 Å². The molecule has 4 rings (SSSR count). The fraction of sp³-hybridized carbons (Fsp3) is 0.263. The molecule has 3 aromatic rings. The molecule has 0 amide bonds. The number of hydrogen-bond donors (Lipinski definition) is 1. The first-order valence-electron chi connectivity index (χ1n) is 8.38. The summed E-state index contributed by atoms with van der Waals surface area (Å²) in [4.78, 5) is 4.27. The zero-order valence-electron chi connectivity index (χ0n) is 14.1. The van der Waals surface area contributed by atoms with Crippen molar-refractivity contribution in [1.82, 2.24) is 14.8 Å². The van der Waals surface area contributed by atoms with E-state index in [9.17, 15) is 8.78 Å². The molecule has 134 valence electrons. The van der Waals surface area contributed by atoms with Gasteiger partial charge in [-0.15, -0.1) is 0 Å². The van der Waals surface area contributed by atoms with E-state index in [1.807, 2.05) is 17.7 Å². The first-order chi connectivity index (χ1) is 12.6. The summed E-state index contributed by atoms with van der Waals surface area (Å²) in [5.41, 5.74) is 2.95. The predicted molar refractivity (Wildman–Crippen MR) is 93.4 cm³/mol. The summed E-state index contributed by atoms with van der Waals surface area (Å²) in [6, 6.07) is 14.8. The minimum atomic E-state index is -2.86. The van der Waals surface area contributed by atoms with Crippen molar-refractivity contribution >= 4 is 5.95 Å². The minimum Gasteiger partial charge on any atom is -0.434 e. The van der Waals surface area contributed by atoms with Crippen molar-refractivity contribution in [2.24, 2.45) is 0 Å². The summed E-state index contributed by atoms with van der Waals surface area (Å²) < 4.78 is 32.1. The maximum atomic E-state index is 12.8. The van der Waals surface area contributed by atoms with E-state index in [1.54, 1.807) is 18.2 Å². The van der Waals surface area contributed by atoms with Crippen LogP contribution < -0.4 is 10.1 Å². The number of rotatable bonds is 4. The van der Waals surface area contributed by atoms with Gasteiger partial charge in [0.1, 0.15) is 12.1 Å². The standard InChI is InChI=1S/C19H18F2N4O/c1-12-6-8-13(9-7-12)16-10-15(24-19-22-11-23-25(16)19)14-4-2-3-5-17(14)26-18(20)21/h2-9,11,15-16,18H,10H2,1H3,(H,22,23,24)/t15-,16+/m0/s1. The maximum absolute atomic E-state index is 12.8. The van der Waals surface area contributed by atoms with Crippen LogP contribution in [0.3, 0.4) is 0 Å². The summed E-state index contributed by atoms with van der Waals surface area (Å²) >= 11 is 0. The van der Waals surface area contributed by atoms with Crippen molar-refractivity contribution in [1.29, 1.82) is 0 Å². The lowest BCUT2D eigenvalue weighted by molar-refractivity contribution is -0.0506. The van der Waals surface area contributed by atoms with Gasteiger partial charge in [-0.2, -0.15) is 18.9 Å². The Morgan fingerprint density at radius 3 is 2.69 bits per heavy atom. The van der Waals surface area contributed by atoms with Gasteiger partial charge in [0.2, 0.25) is 5.95 Å². The van der Waals surface area contributed by atoms with Crippen molar-refractivity contribution in [3.63, 3.8) is 0 Å². The SMILES string of the molecule is Cc1ccc([C@H]2C[C@@H](c3ccccc3OC(F)F)Nc3ncnn32)cc1. The molecular formula is C19H18F2N4O. The number of anilines is 1. The van der Waals surface area contributed by atoms with Crippen LogP contribution in [-0.2, 0) is 0 Å². The van der Waals surface area contributed by atoms with Gasteiger partial charge in [0, 0.05) is 5.56 Å². The number of nitrogens with zero attached hydrogens (tertiary/aromatic N) is 3. The van der Waals surface area contributed by atoms with E-state index in [2.05, 4.69) is 39.7 Å². The Kier molecular flexibility index (Phi) is 4.28. The van der Waals surface area contributed by atoms with Gasteiger partial charge in [-0.3, -0.25) is 0 Å². The predicted octanol–water partition coefficient (Wildman–Crippen LogP) is 4.33. The molecule has 2 aromatic carbocycles. The topological polar surface area (TPSA) is 52.0 Å². The van der Waals surface area contributed by atoms with Crippen molar-refractivity contribution in [2.75, 3.05) is 5.32 Å². The highest BCUT2D eigenvalue weighted by Gasteiger charge is 2.31. The van der Waals surface area contributed by atoms with Crippen LogP contribution in [0, 0.1) is 6.92 Å². The molecule has 26 heavy (non-hydrogen) atoms. The molecule has 0 fully saturated rings. The van der Waals surface area contributed by atoms with Gasteiger partial charge >= 0.3 is 6.61 Å². The molecule has 2 heterocycles. The number of fused-ring (bicyclic) bond motifs is 1. The van der Waals surface area contributed by atoms with Gasteiger partial charge in [-0.05, 0) is 25.0 Å². The Morgan fingerprint density at radius 1 is 1.15 bits per heavy atom. The van der Waals surface area contributed by atoms with Crippen LogP contribution in [0.2, 0.25) is 0 Å². The Morgan fingerprint density at radius 2 is 1.92 bits per heavy atom. The second-order valence-electron chi connectivity index (χ2n) is 6.30. The third kappa shape index (κ3) is 3.12. The van der Waals surface area contributed by atoms with E-state index < -0.39 is 6.61 Å². The number of alkyl halides is 2. The number of para-hydroxylation sites is 1. The van der Waals surface area contributed by atoms with E-state index in [0.717, 1.165) is 5.56 Å². The molecule has 0 saturated heterocycles. The van der Waals surface area contributed by atoms with Crippen LogP contribution in [0.15, 0.2) is 54.9 Å². The van der Waals surface area contributed by atoms with Crippen LogP contribution >= 0.6 is 0 Å². The van der Waals surface area contributed by atoms with Crippen LogP contribution in [0.5, 0.6) is 5.75 Å². The molecule has 7 heteroatoms. The van der Waals surface area contributed by atoms with Crippen molar-refractivity contribution in [3.8, 4) is 5.75 Å². The second-order valence-corrected chi connectivity index (χ2v) is 6.30. The average molecular weight is 356 g/mol. The summed E-state index contributed by atoms with van der Waals surface area (Å²) in [7, 11) is 0. The molecule has 1 aliphatic heterocycles. The monoisotopic (exact) mass is 356 g/mol. The fourth-order valence-corrected chi connectivity index (χ4v) is 3.36. The Hall–Kier alpha value is -2.96. The quantitative estimate of drug-likeness (QED) is 0.756. The smallest absolute Gasteiger partial charge is 0.387 e. The normalized spacial score (nSPS) is 19.1. The highest BCUT2D eigenvalue weighted by atomic mass is 19.3. The first-order valence-corrected chi connectivity index (χ1v) is 8.38. The van der Waals surface area contributed by atoms with Gasteiger partial charge < -0.3 is 10.1 Å². The van der Waals surface area contributed by atoms with Crippen molar-refractivity contribution in [3.05, 3.63) is 71.5 Å². The van der Waals surface area contributed by atoms with Crippen LogP contribution in [0.4, 0.5) is 14.7 Å². The highest BCUT2D eigenvalue weighted by Crippen LogP contribution is 2.40. The number of ether oxygens (including phenoxy) is 1. The number of halogens is 2. The van der Waals surface area contributed by atoms with Gasteiger partial charge in [0.05, 0.1) is 12.1 Å². The molecule has 0 unspecified atom stereocenters. The molecule has 2 atom stereocenters. The summed E-state index contributed by atoms with van der Waals surface area (Å²) in [5, 5.41) is 7.61. The lowest BCUT2D eigenvalue weighted by atomic mass is 9.92. The van der Waals surface area contributed by atoms with E-state index in [4.69, 9.17) is 4.74 Å². The number of aryl methyl sites for hydroxylation is 1. The summed E-state index contributed by atoms with van der Waals surface area (Å²) in [6.45, 7) is -0.829. The number of benzene rings is 2. The second kappa shape index (κ2) is 6.74. The largest absolute Gasteiger partial charge is 0.434 e. The zero-order chi connectivity index (χ0) is 18.1. The van der Waals surface area contributed by atoms with Gasteiger partial charge in [0.15, 0.2) is 0 Å². The lowest BCUT2D eigenvalue weighted by Gasteiger charge is -2.32. The molecule has 0 saturated carbocycles.